The first kappa shape index (κ1) is 14.0. The molecule has 7 heteroatoms. The average molecular weight is 317 g/mol. The fraction of sp³-hybridized carbons (Fsp3) is 0. The number of sulfonamides is 1. The fourth-order valence-electron chi connectivity index (χ4n) is 1.43. The van der Waals surface area contributed by atoms with Gasteiger partial charge >= 0.3 is 0 Å². The van der Waals surface area contributed by atoms with Crippen LogP contribution in [0.1, 0.15) is 0 Å². The van der Waals surface area contributed by atoms with E-state index < -0.39 is 10.0 Å². The van der Waals surface area contributed by atoms with E-state index in [2.05, 4.69) is 4.72 Å². The van der Waals surface area contributed by atoms with E-state index in [9.17, 15) is 8.42 Å². The van der Waals surface area contributed by atoms with Crippen molar-refractivity contribution in [1.29, 1.82) is 0 Å². The van der Waals surface area contributed by atoms with Crippen molar-refractivity contribution < 1.29 is 8.42 Å². The Morgan fingerprint density at radius 2 is 1.63 bits per heavy atom. The minimum atomic E-state index is -3.70. The Balaban J connectivity index is 2.33. The Morgan fingerprint density at radius 3 is 2.21 bits per heavy atom. The van der Waals surface area contributed by atoms with Crippen LogP contribution in [-0.4, -0.2) is 8.42 Å². The van der Waals surface area contributed by atoms with E-state index in [4.69, 9.17) is 28.9 Å². The van der Waals surface area contributed by atoms with Crippen LogP contribution in [0.4, 0.5) is 11.4 Å². The van der Waals surface area contributed by atoms with E-state index in [1.807, 2.05) is 0 Å². The molecule has 0 heterocycles. The summed E-state index contributed by atoms with van der Waals surface area (Å²) in [6.45, 7) is 0. The number of nitrogens with one attached hydrogen (secondary N) is 1. The summed E-state index contributed by atoms with van der Waals surface area (Å²) in [6.07, 6.45) is 0. The smallest absolute Gasteiger partial charge is 0.261 e. The van der Waals surface area contributed by atoms with Crippen molar-refractivity contribution in [2.45, 2.75) is 4.90 Å². The van der Waals surface area contributed by atoms with Crippen LogP contribution in [0.2, 0.25) is 10.0 Å². The first-order chi connectivity index (χ1) is 8.88. The second-order valence-electron chi connectivity index (χ2n) is 3.80. The molecule has 0 radical (unpaired) electrons. The van der Waals surface area contributed by atoms with E-state index >= 15 is 0 Å². The number of hydrogen-bond donors (Lipinski definition) is 2. The molecule has 2 aromatic carbocycles. The number of benzene rings is 2. The Morgan fingerprint density at radius 1 is 1.00 bits per heavy atom. The van der Waals surface area contributed by atoms with Crippen molar-refractivity contribution in [1.82, 2.24) is 0 Å². The van der Waals surface area contributed by atoms with Crippen LogP contribution in [0.15, 0.2) is 47.4 Å². The first-order valence-electron chi connectivity index (χ1n) is 5.22. The van der Waals surface area contributed by atoms with Gasteiger partial charge in [0, 0.05) is 10.7 Å². The minimum absolute atomic E-state index is 0.102. The van der Waals surface area contributed by atoms with Crippen LogP contribution < -0.4 is 10.5 Å². The molecule has 0 saturated heterocycles. The lowest BCUT2D eigenvalue weighted by atomic mass is 10.3. The molecule has 3 N–H and O–H groups in total. The number of hydrogen-bond acceptors (Lipinski definition) is 3. The topological polar surface area (TPSA) is 72.2 Å². The van der Waals surface area contributed by atoms with E-state index in [0.29, 0.717) is 10.7 Å². The molecule has 0 spiro atoms. The molecule has 4 nitrogen and oxygen atoms in total. The number of nitrogen functional groups attached to an aromatic ring is 1. The van der Waals surface area contributed by atoms with Crippen molar-refractivity contribution in [3.63, 3.8) is 0 Å². The molecular weight excluding hydrogens is 307 g/mol. The second kappa shape index (κ2) is 5.28. The van der Waals surface area contributed by atoms with Crippen molar-refractivity contribution in [2.75, 3.05) is 10.5 Å². The zero-order valence-electron chi connectivity index (χ0n) is 9.60. The molecule has 0 bridgehead atoms. The predicted octanol–water partition coefficient (Wildman–Crippen LogP) is 3.38. The van der Waals surface area contributed by atoms with Crippen LogP contribution >= 0.6 is 23.2 Å². The van der Waals surface area contributed by atoms with Gasteiger partial charge < -0.3 is 5.73 Å². The highest BCUT2D eigenvalue weighted by Gasteiger charge is 2.15. The third-order valence-corrected chi connectivity index (χ3v) is 4.31. The van der Waals surface area contributed by atoms with Gasteiger partial charge in [0.1, 0.15) is 0 Å². The van der Waals surface area contributed by atoms with Crippen molar-refractivity contribution in [2.24, 2.45) is 0 Å². The monoisotopic (exact) mass is 316 g/mol. The maximum absolute atomic E-state index is 12.1. The Kier molecular flexibility index (Phi) is 3.89. The zero-order valence-corrected chi connectivity index (χ0v) is 11.9. The summed E-state index contributed by atoms with van der Waals surface area (Å²) in [5.41, 5.74) is 6.27. The molecule has 0 amide bonds. The average Bonchev–Trinajstić information content (AvgIpc) is 2.33. The number of halogens is 2. The molecule has 0 fully saturated rings. The summed E-state index contributed by atoms with van der Waals surface area (Å²) in [4.78, 5) is 0.102. The summed E-state index contributed by atoms with van der Waals surface area (Å²) in [5, 5.41) is 0.696. The van der Waals surface area contributed by atoms with Gasteiger partial charge in [0.2, 0.25) is 0 Å². The van der Waals surface area contributed by atoms with Crippen LogP contribution in [-0.2, 0) is 10.0 Å². The summed E-state index contributed by atoms with van der Waals surface area (Å²) < 4.78 is 26.6. The van der Waals surface area contributed by atoms with Crippen LogP contribution in [0, 0.1) is 0 Å². The lowest BCUT2D eigenvalue weighted by molar-refractivity contribution is 0.601. The number of rotatable bonds is 3. The van der Waals surface area contributed by atoms with Crippen LogP contribution in [0.3, 0.4) is 0 Å². The molecule has 0 atom stereocenters. The lowest BCUT2D eigenvalue weighted by Gasteiger charge is -2.10. The highest BCUT2D eigenvalue weighted by molar-refractivity contribution is 7.92. The van der Waals surface area contributed by atoms with Crippen molar-refractivity contribution in [3.05, 3.63) is 52.5 Å². The molecule has 2 rings (SSSR count). The Bertz CT molecular complexity index is 700. The Labute approximate surface area is 121 Å². The van der Waals surface area contributed by atoms with E-state index in [0.717, 1.165) is 0 Å². The molecule has 19 heavy (non-hydrogen) atoms. The molecule has 100 valence electrons. The summed E-state index contributed by atoms with van der Waals surface area (Å²) >= 11 is 11.6. The zero-order chi connectivity index (χ0) is 14.0. The van der Waals surface area contributed by atoms with E-state index in [-0.39, 0.29) is 15.6 Å². The highest BCUT2D eigenvalue weighted by Crippen LogP contribution is 2.26. The molecule has 2 aromatic rings. The predicted molar refractivity (Wildman–Crippen MR) is 78.1 cm³/mol. The molecule has 0 saturated carbocycles. The Hall–Kier alpha value is -1.43. The van der Waals surface area contributed by atoms with Gasteiger partial charge in [-0.25, -0.2) is 8.42 Å². The van der Waals surface area contributed by atoms with Gasteiger partial charge in [0.25, 0.3) is 10.0 Å². The normalized spacial score (nSPS) is 11.3. The molecule has 0 unspecified atom stereocenters. The van der Waals surface area contributed by atoms with Crippen molar-refractivity contribution >= 4 is 44.6 Å². The van der Waals surface area contributed by atoms with Crippen molar-refractivity contribution in [3.8, 4) is 0 Å². The van der Waals surface area contributed by atoms with Gasteiger partial charge in [-0.2, -0.15) is 0 Å². The van der Waals surface area contributed by atoms with Crippen LogP contribution in [0.25, 0.3) is 0 Å². The third kappa shape index (κ3) is 3.32. The number of anilines is 2. The van der Waals surface area contributed by atoms with E-state index in [1.54, 1.807) is 6.07 Å². The highest BCUT2D eigenvalue weighted by atomic mass is 35.5. The SMILES string of the molecule is Nc1ccc(NS(=O)(=O)c2ccc(Cl)cc2)c(Cl)c1. The van der Waals surface area contributed by atoms with Gasteiger partial charge in [0.15, 0.2) is 0 Å². The summed E-state index contributed by atoms with van der Waals surface area (Å²) in [5.74, 6) is 0. The molecular formula is C12H10Cl2N2O2S. The third-order valence-electron chi connectivity index (χ3n) is 2.36. The quantitative estimate of drug-likeness (QED) is 0.853. The van der Waals surface area contributed by atoms with Crippen LogP contribution in [0.5, 0.6) is 0 Å². The minimum Gasteiger partial charge on any atom is -0.399 e. The fourth-order valence-corrected chi connectivity index (χ4v) is 2.93. The maximum Gasteiger partial charge on any atom is 0.261 e. The summed E-state index contributed by atoms with van der Waals surface area (Å²) in [6, 6.07) is 10.4. The van der Waals surface area contributed by atoms with E-state index in [1.165, 1.54) is 36.4 Å². The standard InChI is InChI=1S/C12H10Cl2N2O2S/c13-8-1-4-10(5-2-8)19(17,18)16-12-6-3-9(15)7-11(12)14/h1-7,16H,15H2. The lowest BCUT2D eigenvalue weighted by Crippen LogP contribution is -2.13. The number of nitrogens with two attached hydrogens (primary N) is 1. The molecule has 0 aliphatic carbocycles. The van der Waals surface area contributed by atoms with Gasteiger partial charge in [-0.1, -0.05) is 23.2 Å². The molecule has 0 aromatic heterocycles. The molecule has 0 aliphatic heterocycles. The largest absolute Gasteiger partial charge is 0.399 e. The summed E-state index contributed by atoms with van der Waals surface area (Å²) in [7, 11) is -3.70. The maximum atomic E-state index is 12.1. The van der Waals surface area contributed by atoms with Gasteiger partial charge in [0.05, 0.1) is 15.6 Å². The van der Waals surface area contributed by atoms with Gasteiger partial charge in [-0.05, 0) is 42.5 Å². The van der Waals surface area contributed by atoms with Gasteiger partial charge in [-0.3, -0.25) is 4.72 Å². The molecule has 0 aliphatic rings. The van der Waals surface area contributed by atoms with Gasteiger partial charge in [-0.15, -0.1) is 0 Å². The second-order valence-corrected chi connectivity index (χ2v) is 6.32. The first-order valence-corrected chi connectivity index (χ1v) is 7.46.